The fourth-order valence-corrected chi connectivity index (χ4v) is 4.08. The van der Waals surface area contributed by atoms with Gasteiger partial charge in [-0.1, -0.05) is 0 Å². The number of halogens is 2. The lowest BCUT2D eigenvalue weighted by molar-refractivity contribution is -0.0498. The number of ketones is 1. The number of carbonyl (C=O) groups excluding carboxylic acids is 2. The molecule has 0 aliphatic heterocycles. The lowest BCUT2D eigenvalue weighted by Crippen LogP contribution is -2.25. The highest BCUT2D eigenvalue weighted by molar-refractivity contribution is 6.02. The van der Waals surface area contributed by atoms with Crippen LogP contribution in [0.3, 0.4) is 0 Å². The van der Waals surface area contributed by atoms with Crippen LogP contribution in [0, 0.1) is 13.8 Å². The highest BCUT2D eigenvalue weighted by Crippen LogP contribution is 2.25. The Balaban J connectivity index is 1.74. The van der Waals surface area contributed by atoms with E-state index in [4.69, 9.17) is 4.74 Å². The summed E-state index contributed by atoms with van der Waals surface area (Å²) in [4.78, 5) is 27.9. The second-order valence-electron chi connectivity index (χ2n) is 8.12. The zero-order valence-corrected chi connectivity index (χ0v) is 20.5. The molecule has 3 aromatic rings. The molecule has 0 saturated heterocycles. The maximum atomic E-state index is 13.1. The van der Waals surface area contributed by atoms with E-state index >= 15 is 0 Å². The van der Waals surface area contributed by atoms with E-state index < -0.39 is 18.7 Å². The van der Waals surface area contributed by atoms with Crippen LogP contribution in [0.2, 0.25) is 0 Å². The minimum absolute atomic E-state index is 0.0492. The Kier molecular flexibility index (Phi) is 8.27. The summed E-state index contributed by atoms with van der Waals surface area (Å²) in [5, 5.41) is 0. The Morgan fingerprint density at radius 2 is 1.57 bits per heavy atom. The SMILES string of the molecule is CCN(CC)c1ccc(C(=O)OC(C)C(=O)c2cc(C)n(-c3ccc(OC(F)F)cc3)c2C)cc1. The molecule has 0 aliphatic carbocycles. The first kappa shape index (κ1) is 25.9. The zero-order valence-electron chi connectivity index (χ0n) is 20.5. The van der Waals surface area contributed by atoms with Gasteiger partial charge in [-0.2, -0.15) is 8.78 Å². The number of aryl methyl sites for hydroxylation is 1. The largest absolute Gasteiger partial charge is 0.451 e. The molecule has 0 N–H and O–H groups in total. The van der Waals surface area contributed by atoms with Crippen molar-refractivity contribution in [2.24, 2.45) is 0 Å². The lowest BCUT2D eigenvalue weighted by Gasteiger charge is -2.21. The summed E-state index contributed by atoms with van der Waals surface area (Å²) in [6.07, 6.45) is -0.985. The van der Waals surface area contributed by atoms with E-state index in [1.807, 2.05) is 23.6 Å². The van der Waals surface area contributed by atoms with E-state index in [1.165, 1.54) is 12.1 Å². The van der Waals surface area contributed by atoms with Crippen LogP contribution >= 0.6 is 0 Å². The molecule has 0 amide bonds. The summed E-state index contributed by atoms with van der Waals surface area (Å²) in [5.74, 6) is -0.844. The van der Waals surface area contributed by atoms with Crippen LogP contribution in [0.4, 0.5) is 14.5 Å². The minimum Gasteiger partial charge on any atom is -0.451 e. The van der Waals surface area contributed by atoms with Gasteiger partial charge in [-0.15, -0.1) is 0 Å². The quantitative estimate of drug-likeness (QED) is 0.262. The van der Waals surface area contributed by atoms with Crippen LogP contribution in [-0.4, -0.2) is 42.1 Å². The van der Waals surface area contributed by atoms with Gasteiger partial charge < -0.3 is 18.9 Å². The molecule has 3 rings (SSSR count). The van der Waals surface area contributed by atoms with Gasteiger partial charge in [0.1, 0.15) is 5.75 Å². The van der Waals surface area contributed by atoms with Crippen LogP contribution in [0.25, 0.3) is 5.69 Å². The number of alkyl halides is 2. The number of esters is 1. The van der Waals surface area contributed by atoms with Crippen molar-refractivity contribution >= 4 is 17.4 Å². The summed E-state index contributed by atoms with van der Waals surface area (Å²) in [5.41, 5.74) is 3.93. The van der Waals surface area contributed by atoms with Crippen molar-refractivity contribution in [3.63, 3.8) is 0 Å². The highest BCUT2D eigenvalue weighted by atomic mass is 19.3. The third-order valence-electron chi connectivity index (χ3n) is 5.90. The second-order valence-corrected chi connectivity index (χ2v) is 8.12. The molecule has 8 heteroatoms. The van der Waals surface area contributed by atoms with Gasteiger partial charge in [-0.25, -0.2) is 4.79 Å². The molecule has 0 radical (unpaired) electrons. The molecule has 1 unspecified atom stereocenters. The standard InChI is InChI=1S/C27H30F2N2O4/c1-6-30(7-2)21-10-8-20(9-11-21)26(33)34-19(5)25(32)24-16-17(3)31(18(24)4)22-12-14-23(15-13-22)35-27(28)29/h8-16,19,27H,6-7H2,1-5H3. The third kappa shape index (κ3) is 5.88. The van der Waals surface area contributed by atoms with E-state index in [-0.39, 0.29) is 11.5 Å². The molecular formula is C27H30F2N2O4. The monoisotopic (exact) mass is 484 g/mol. The highest BCUT2D eigenvalue weighted by Gasteiger charge is 2.25. The molecule has 186 valence electrons. The topological polar surface area (TPSA) is 60.8 Å². The first-order chi connectivity index (χ1) is 16.7. The minimum atomic E-state index is -2.90. The van der Waals surface area contributed by atoms with Gasteiger partial charge in [0.05, 0.1) is 5.56 Å². The number of benzene rings is 2. The average molecular weight is 485 g/mol. The van der Waals surface area contributed by atoms with Crippen molar-refractivity contribution in [1.82, 2.24) is 4.57 Å². The molecule has 0 spiro atoms. The fraction of sp³-hybridized carbons (Fsp3) is 0.333. The lowest BCUT2D eigenvalue weighted by atomic mass is 10.1. The first-order valence-electron chi connectivity index (χ1n) is 11.5. The van der Waals surface area contributed by atoms with Gasteiger partial charge in [0.25, 0.3) is 0 Å². The summed E-state index contributed by atoms with van der Waals surface area (Å²) in [6.45, 7) is 8.11. The molecule has 0 saturated carbocycles. The zero-order chi connectivity index (χ0) is 25.7. The van der Waals surface area contributed by atoms with E-state index in [1.54, 1.807) is 44.2 Å². The van der Waals surface area contributed by atoms with Gasteiger partial charge in [0.15, 0.2) is 6.10 Å². The molecule has 0 aliphatic rings. The van der Waals surface area contributed by atoms with E-state index in [2.05, 4.69) is 23.5 Å². The maximum absolute atomic E-state index is 13.1. The summed E-state index contributed by atoms with van der Waals surface area (Å²) in [7, 11) is 0. The van der Waals surface area contributed by atoms with Gasteiger partial charge in [-0.3, -0.25) is 4.79 Å². The fourth-order valence-electron chi connectivity index (χ4n) is 4.08. The number of rotatable bonds is 10. The molecule has 6 nitrogen and oxygen atoms in total. The number of ether oxygens (including phenoxy) is 2. The predicted octanol–water partition coefficient (Wildman–Crippen LogP) is 5.97. The molecule has 2 aromatic carbocycles. The number of Topliss-reactive ketones (excluding diaryl/α,β-unsaturated/α-hetero) is 1. The van der Waals surface area contributed by atoms with Gasteiger partial charge in [-0.05, 0) is 89.2 Å². The van der Waals surface area contributed by atoms with Crippen molar-refractivity contribution in [1.29, 1.82) is 0 Å². The normalized spacial score (nSPS) is 11.9. The van der Waals surface area contributed by atoms with Crippen molar-refractivity contribution < 1.29 is 27.8 Å². The Bertz CT molecular complexity index is 1170. The predicted molar refractivity (Wildman–Crippen MR) is 131 cm³/mol. The Labute approximate surface area is 204 Å². The average Bonchev–Trinajstić information content (AvgIpc) is 3.13. The van der Waals surface area contributed by atoms with Crippen LogP contribution in [0.1, 0.15) is 52.9 Å². The van der Waals surface area contributed by atoms with E-state index in [9.17, 15) is 18.4 Å². The molecular weight excluding hydrogens is 454 g/mol. The maximum Gasteiger partial charge on any atom is 0.387 e. The smallest absolute Gasteiger partial charge is 0.387 e. The van der Waals surface area contributed by atoms with Crippen LogP contribution in [0.15, 0.2) is 54.6 Å². The van der Waals surface area contributed by atoms with Gasteiger partial charge >= 0.3 is 12.6 Å². The molecule has 0 fully saturated rings. The molecule has 1 heterocycles. The number of hydrogen-bond donors (Lipinski definition) is 0. The molecule has 0 bridgehead atoms. The number of anilines is 1. The molecule has 1 aromatic heterocycles. The third-order valence-corrected chi connectivity index (χ3v) is 5.90. The summed E-state index contributed by atoms with van der Waals surface area (Å²) in [6, 6.07) is 15.0. The summed E-state index contributed by atoms with van der Waals surface area (Å²) >= 11 is 0. The van der Waals surface area contributed by atoms with E-state index in [0.717, 1.165) is 24.5 Å². The second kappa shape index (κ2) is 11.2. The van der Waals surface area contributed by atoms with Crippen LogP contribution in [0.5, 0.6) is 5.75 Å². The van der Waals surface area contributed by atoms with Crippen molar-refractivity contribution in [2.75, 3.05) is 18.0 Å². The van der Waals surface area contributed by atoms with Crippen molar-refractivity contribution in [2.45, 2.75) is 47.3 Å². The van der Waals surface area contributed by atoms with E-state index in [0.29, 0.717) is 22.5 Å². The Morgan fingerprint density at radius 1 is 0.971 bits per heavy atom. The Morgan fingerprint density at radius 3 is 2.11 bits per heavy atom. The van der Waals surface area contributed by atoms with Crippen LogP contribution in [-0.2, 0) is 4.74 Å². The first-order valence-corrected chi connectivity index (χ1v) is 11.5. The van der Waals surface area contributed by atoms with Gasteiger partial charge in [0, 0.05) is 41.4 Å². The Hall–Kier alpha value is -3.68. The van der Waals surface area contributed by atoms with Crippen molar-refractivity contribution in [3.8, 4) is 11.4 Å². The molecule has 1 atom stereocenters. The number of hydrogen-bond acceptors (Lipinski definition) is 5. The number of carbonyl (C=O) groups is 2. The van der Waals surface area contributed by atoms with Crippen molar-refractivity contribution in [3.05, 3.63) is 77.1 Å². The van der Waals surface area contributed by atoms with Gasteiger partial charge in [0.2, 0.25) is 5.78 Å². The molecule has 35 heavy (non-hydrogen) atoms. The number of nitrogens with zero attached hydrogens (tertiary/aromatic N) is 2. The number of aromatic nitrogens is 1. The van der Waals surface area contributed by atoms with Crippen LogP contribution < -0.4 is 9.64 Å². The summed E-state index contributed by atoms with van der Waals surface area (Å²) < 4.78 is 36.5.